The second-order valence-electron chi connectivity index (χ2n) is 6.18. The first-order chi connectivity index (χ1) is 12.2. The van der Waals surface area contributed by atoms with Crippen LogP contribution in [0.1, 0.15) is 12.8 Å². The molecule has 0 bridgehead atoms. The topological polar surface area (TPSA) is 71.4 Å². The van der Waals surface area contributed by atoms with Gasteiger partial charge in [-0.15, -0.1) is 0 Å². The molecule has 134 valence electrons. The summed E-state index contributed by atoms with van der Waals surface area (Å²) in [6.45, 7) is 2.71. The molecule has 1 fully saturated rings. The molecule has 2 heterocycles. The molecule has 1 aromatic heterocycles. The maximum Gasteiger partial charge on any atom is 0.323 e. The third-order valence-electron chi connectivity index (χ3n) is 4.25. The zero-order chi connectivity index (χ0) is 17.5. The highest BCUT2D eigenvalue weighted by Crippen LogP contribution is 2.17. The summed E-state index contributed by atoms with van der Waals surface area (Å²) in [6.07, 6.45) is 3.88. The summed E-state index contributed by atoms with van der Waals surface area (Å²) in [6, 6.07) is 12.1. The molecule has 7 heteroatoms. The van der Waals surface area contributed by atoms with Gasteiger partial charge in [-0.2, -0.15) is 5.10 Å². The van der Waals surface area contributed by atoms with Crippen LogP contribution in [0.2, 0.25) is 0 Å². The summed E-state index contributed by atoms with van der Waals surface area (Å²) in [5.41, 5.74) is 1.09. The molecule has 1 saturated heterocycles. The Morgan fingerprint density at radius 1 is 1.32 bits per heavy atom. The van der Waals surface area contributed by atoms with Gasteiger partial charge in [0, 0.05) is 44.2 Å². The molecule has 2 aromatic rings. The van der Waals surface area contributed by atoms with Gasteiger partial charge >= 0.3 is 6.03 Å². The highest BCUT2D eigenvalue weighted by atomic mass is 16.5. The summed E-state index contributed by atoms with van der Waals surface area (Å²) in [4.78, 5) is 14.3. The molecule has 2 N–H and O–H groups in total. The number of para-hydroxylation sites is 1. The van der Waals surface area contributed by atoms with Crippen LogP contribution in [-0.4, -0.2) is 53.6 Å². The average Bonchev–Trinajstić information content (AvgIpc) is 3.08. The van der Waals surface area contributed by atoms with Gasteiger partial charge in [0.15, 0.2) is 5.82 Å². The number of hydrogen-bond acceptors (Lipinski definition) is 4. The van der Waals surface area contributed by atoms with Crippen molar-refractivity contribution in [3.63, 3.8) is 0 Å². The Balaban J connectivity index is 1.52. The minimum Gasteiger partial charge on any atom is -0.383 e. The van der Waals surface area contributed by atoms with Gasteiger partial charge in [0.05, 0.1) is 13.2 Å². The van der Waals surface area contributed by atoms with Gasteiger partial charge in [-0.05, 0) is 25.0 Å². The monoisotopic (exact) mass is 343 g/mol. The van der Waals surface area contributed by atoms with E-state index in [2.05, 4.69) is 15.7 Å². The van der Waals surface area contributed by atoms with Crippen LogP contribution in [0.5, 0.6) is 0 Å². The number of ether oxygens (including phenoxy) is 1. The molecular formula is C18H25N5O2. The van der Waals surface area contributed by atoms with E-state index in [1.807, 2.05) is 41.4 Å². The number of likely N-dealkylation sites (tertiary alicyclic amines) is 1. The lowest BCUT2D eigenvalue weighted by Crippen LogP contribution is -2.46. The largest absolute Gasteiger partial charge is 0.383 e. The van der Waals surface area contributed by atoms with Crippen LogP contribution >= 0.6 is 0 Å². The van der Waals surface area contributed by atoms with E-state index in [1.165, 1.54) is 0 Å². The number of nitrogens with one attached hydrogen (secondary N) is 2. The fraction of sp³-hybridized carbons (Fsp3) is 0.444. The van der Waals surface area contributed by atoms with Crippen LogP contribution in [0.3, 0.4) is 0 Å². The number of benzene rings is 1. The molecule has 0 radical (unpaired) electrons. The minimum atomic E-state index is -0.100. The second-order valence-corrected chi connectivity index (χ2v) is 6.18. The number of anilines is 2. The van der Waals surface area contributed by atoms with E-state index >= 15 is 0 Å². The Labute approximate surface area is 148 Å². The summed E-state index contributed by atoms with van der Waals surface area (Å²) >= 11 is 0. The van der Waals surface area contributed by atoms with E-state index in [-0.39, 0.29) is 12.1 Å². The number of carbonyl (C=O) groups excluding carboxylic acids is 1. The zero-order valence-corrected chi connectivity index (χ0v) is 14.5. The lowest BCUT2D eigenvalue weighted by molar-refractivity contribution is 0.183. The number of nitrogens with zero attached hydrogens (tertiary/aromatic N) is 3. The van der Waals surface area contributed by atoms with Gasteiger partial charge in [-0.25, -0.2) is 4.79 Å². The molecule has 25 heavy (non-hydrogen) atoms. The first-order valence-corrected chi connectivity index (χ1v) is 8.64. The lowest BCUT2D eigenvalue weighted by Gasteiger charge is -2.33. The molecule has 1 aliphatic heterocycles. The van der Waals surface area contributed by atoms with Crippen molar-refractivity contribution in [2.45, 2.75) is 25.4 Å². The van der Waals surface area contributed by atoms with Gasteiger partial charge < -0.3 is 15.0 Å². The van der Waals surface area contributed by atoms with Crippen molar-refractivity contribution < 1.29 is 9.53 Å². The van der Waals surface area contributed by atoms with E-state index in [4.69, 9.17) is 4.74 Å². The standard InChI is InChI=1S/C18H25N5O2/c1-25-13-12-23-11-9-17(21-23)20-18(24)22-10-5-8-16(14-22)19-15-6-3-2-4-7-15/h2-4,6-7,9,11,16,19H,5,8,10,12-14H2,1H3,(H,20,21,24)/t16-/m0/s1. The van der Waals surface area contributed by atoms with Gasteiger partial charge in [0.2, 0.25) is 0 Å². The van der Waals surface area contributed by atoms with Crippen LogP contribution in [0.4, 0.5) is 16.3 Å². The molecule has 1 atom stereocenters. The van der Waals surface area contributed by atoms with E-state index in [0.717, 1.165) is 25.1 Å². The van der Waals surface area contributed by atoms with Gasteiger partial charge in [-0.1, -0.05) is 18.2 Å². The molecule has 0 aliphatic carbocycles. The molecule has 0 spiro atoms. The quantitative estimate of drug-likeness (QED) is 0.846. The van der Waals surface area contributed by atoms with Crippen LogP contribution in [0.25, 0.3) is 0 Å². The smallest absolute Gasteiger partial charge is 0.323 e. The van der Waals surface area contributed by atoms with Crippen molar-refractivity contribution in [3.8, 4) is 0 Å². The Morgan fingerprint density at radius 2 is 2.16 bits per heavy atom. The highest BCUT2D eigenvalue weighted by molar-refractivity contribution is 5.88. The highest BCUT2D eigenvalue weighted by Gasteiger charge is 2.24. The number of piperidine rings is 1. The van der Waals surface area contributed by atoms with E-state index < -0.39 is 0 Å². The molecule has 1 aromatic carbocycles. The fourth-order valence-corrected chi connectivity index (χ4v) is 2.98. The number of urea groups is 1. The number of carbonyl (C=O) groups is 1. The van der Waals surface area contributed by atoms with Crippen molar-refractivity contribution in [1.82, 2.24) is 14.7 Å². The predicted octanol–water partition coefficient (Wildman–Crippen LogP) is 2.64. The maximum absolute atomic E-state index is 12.5. The van der Waals surface area contributed by atoms with Crippen molar-refractivity contribution >= 4 is 17.5 Å². The number of aromatic nitrogens is 2. The molecule has 0 saturated carbocycles. The molecule has 2 amide bonds. The summed E-state index contributed by atoms with van der Waals surface area (Å²) in [5.74, 6) is 0.569. The lowest BCUT2D eigenvalue weighted by atomic mass is 10.1. The second kappa shape index (κ2) is 8.53. The Kier molecular flexibility index (Phi) is 5.90. The first kappa shape index (κ1) is 17.3. The van der Waals surface area contributed by atoms with Crippen LogP contribution in [0.15, 0.2) is 42.6 Å². The summed E-state index contributed by atoms with van der Waals surface area (Å²) in [5, 5.41) is 10.7. The molecular weight excluding hydrogens is 318 g/mol. The number of amides is 2. The van der Waals surface area contributed by atoms with Crippen LogP contribution in [-0.2, 0) is 11.3 Å². The predicted molar refractivity (Wildman–Crippen MR) is 97.8 cm³/mol. The van der Waals surface area contributed by atoms with Gasteiger partial charge in [-0.3, -0.25) is 10.00 Å². The molecule has 1 aliphatic rings. The van der Waals surface area contributed by atoms with Crippen LogP contribution in [0, 0.1) is 0 Å². The summed E-state index contributed by atoms with van der Waals surface area (Å²) in [7, 11) is 1.66. The Bertz CT molecular complexity index is 673. The molecule has 3 rings (SSSR count). The van der Waals surface area contributed by atoms with Crippen molar-refractivity contribution in [2.24, 2.45) is 0 Å². The van der Waals surface area contributed by atoms with Crippen molar-refractivity contribution in [2.75, 3.05) is 37.4 Å². The minimum absolute atomic E-state index is 0.100. The van der Waals surface area contributed by atoms with Crippen molar-refractivity contribution in [1.29, 1.82) is 0 Å². The third-order valence-corrected chi connectivity index (χ3v) is 4.25. The average molecular weight is 343 g/mol. The Morgan fingerprint density at radius 3 is 2.96 bits per heavy atom. The fourth-order valence-electron chi connectivity index (χ4n) is 2.98. The van der Waals surface area contributed by atoms with E-state index in [9.17, 15) is 4.79 Å². The molecule has 0 unspecified atom stereocenters. The normalized spacial score (nSPS) is 17.3. The van der Waals surface area contributed by atoms with E-state index in [0.29, 0.717) is 25.5 Å². The molecule has 7 nitrogen and oxygen atoms in total. The van der Waals surface area contributed by atoms with Crippen LogP contribution < -0.4 is 10.6 Å². The number of hydrogen-bond donors (Lipinski definition) is 2. The maximum atomic E-state index is 12.5. The zero-order valence-electron chi connectivity index (χ0n) is 14.5. The number of rotatable bonds is 6. The SMILES string of the molecule is COCCn1ccc(NC(=O)N2CCC[C@H](Nc3ccccc3)C2)n1. The third kappa shape index (κ3) is 4.96. The summed E-state index contributed by atoms with van der Waals surface area (Å²) < 4.78 is 6.79. The van der Waals surface area contributed by atoms with E-state index in [1.54, 1.807) is 17.9 Å². The van der Waals surface area contributed by atoms with Gasteiger partial charge in [0.25, 0.3) is 0 Å². The van der Waals surface area contributed by atoms with Gasteiger partial charge in [0.1, 0.15) is 0 Å². The Hall–Kier alpha value is -2.54. The van der Waals surface area contributed by atoms with Crippen molar-refractivity contribution in [3.05, 3.63) is 42.6 Å². The first-order valence-electron chi connectivity index (χ1n) is 8.64. The number of methoxy groups -OCH3 is 1.